The van der Waals surface area contributed by atoms with Crippen LogP contribution in [0.3, 0.4) is 0 Å². The van der Waals surface area contributed by atoms with Crippen molar-refractivity contribution in [2.45, 2.75) is 12.1 Å². The number of aromatic nitrogens is 3. The fraction of sp³-hybridized carbons (Fsp3) is 0.0909. The van der Waals surface area contributed by atoms with E-state index in [1.807, 2.05) is 59.3 Å². The van der Waals surface area contributed by atoms with Gasteiger partial charge in [-0.15, -0.1) is 0 Å². The first-order chi connectivity index (χ1) is 13.1. The number of aliphatic hydroxyl groups is 1. The van der Waals surface area contributed by atoms with Crippen LogP contribution in [0.2, 0.25) is 5.02 Å². The number of pyridine rings is 1. The van der Waals surface area contributed by atoms with Crippen molar-refractivity contribution in [1.29, 1.82) is 0 Å². The Morgan fingerprint density at radius 2 is 1.37 bits per heavy atom. The van der Waals surface area contributed by atoms with Crippen molar-refractivity contribution in [1.82, 2.24) is 14.5 Å². The summed E-state index contributed by atoms with van der Waals surface area (Å²) in [5, 5.41) is 12.3. The van der Waals surface area contributed by atoms with Crippen LogP contribution in [0.15, 0.2) is 91.8 Å². The van der Waals surface area contributed by atoms with Gasteiger partial charge >= 0.3 is 0 Å². The molecule has 0 fully saturated rings. The van der Waals surface area contributed by atoms with Gasteiger partial charge in [0.05, 0.1) is 12.9 Å². The number of nitrogens with zero attached hydrogens (tertiary/aromatic N) is 3. The second-order valence-electron chi connectivity index (χ2n) is 6.42. The molecule has 1 N–H and O–H groups in total. The highest BCUT2D eigenvalue weighted by molar-refractivity contribution is 6.30. The van der Waals surface area contributed by atoms with Crippen LogP contribution in [-0.4, -0.2) is 19.6 Å². The van der Waals surface area contributed by atoms with Crippen LogP contribution in [-0.2, 0) is 12.1 Å². The average Bonchev–Trinajstić information content (AvgIpc) is 3.22. The van der Waals surface area contributed by atoms with E-state index in [1.54, 1.807) is 37.1 Å². The second-order valence-corrected chi connectivity index (χ2v) is 6.85. The molecule has 0 amide bonds. The summed E-state index contributed by atoms with van der Waals surface area (Å²) >= 11 is 6.04. The van der Waals surface area contributed by atoms with Crippen molar-refractivity contribution < 1.29 is 5.11 Å². The maximum absolute atomic E-state index is 11.7. The molecule has 27 heavy (non-hydrogen) atoms. The van der Waals surface area contributed by atoms with Crippen molar-refractivity contribution >= 4 is 11.6 Å². The Kier molecular flexibility index (Phi) is 4.75. The quantitative estimate of drug-likeness (QED) is 0.557. The van der Waals surface area contributed by atoms with Crippen LogP contribution in [0.1, 0.15) is 11.1 Å². The third-order valence-electron chi connectivity index (χ3n) is 4.67. The number of rotatable bonds is 5. The highest BCUT2D eigenvalue weighted by atomic mass is 35.5. The third kappa shape index (κ3) is 3.63. The highest BCUT2D eigenvalue weighted by Gasteiger charge is 2.32. The van der Waals surface area contributed by atoms with Crippen molar-refractivity contribution in [3.63, 3.8) is 0 Å². The van der Waals surface area contributed by atoms with Gasteiger partial charge in [0.1, 0.15) is 5.60 Å². The zero-order valence-corrected chi connectivity index (χ0v) is 15.3. The molecule has 1 unspecified atom stereocenters. The van der Waals surface area contributed by atoms with Crippen LogP contribution < -0.4 is 0 Å². The standard InChI is InChI=1S/C22H18ClN3O/c23-21-7-5-20(6-8-21)22(27,15-26-14-13-25-16-26)19-3-1-17(2-4-19)18-9-11-24-12-10-18/h1-14,16,27H,15H2. The largest absolute Gasteiger partial charge is 0.378 e. The summed E-state index contributed by atoms with van der Waals surface area (Å²) in [5.41, 5.74) is 2.53. The van der Waals surface area contributed by atoms with Crippen LogP contribution in [0.4, 0.5) is 0 Å². The number of benzene rings is 2. The topological polar surface area (TPSA) is 50.9 Å². The molecular formula is C22H18ClN3O. The summed E-state index contributed by atoms with van der Waals surface area (Å²) < 4.78 is 1.87. The molecule has 4 aromatic rings. The fourth-order valence-corrected chi connectivity index (χ4v) is 3.33. The van der Waals surface area contributed by atoms with E-state index >= 15 is 0 Å². The van der Waals surface area contributed by atoms with Gasteiger partial charge in [0.25, 0.3) is 0 Å². The van der Waals surface area contributed by atoms with Gasteiger partial charge in [-0.1, -0.05) is 48.0 Å². The summed E-state index contributed by atoms with van der Waals surface area (Å²) in [6.45, 7) is 0.350. The Morgan fingerprint density at radius 1 is 0.778 bits per heavy atom. The number of halogens is 1. The maximum atomic E-state index is 11.7. The molecule has 1 atom stereocenters. The summed E-state index contributed by atoms with van der Waals surface area (Å²) in [6, 6.07) is 19.2. The smallest absolute Gasteiger partial charge is 0.132 e. The predicted octanol–water partition coefficient (Wildman–Crippen LogP) is 4.53. The minimum atomic E-state index is -1.21. The van der Waals surface area contributed by atoms with E-state index in [0.717, 1.165) is 22.3 Å². The second kappa shape index (κ2) is 7.35. The Morgan fingerprint density at radius 3 is 1.96 bits per heavy atom. The number of hydrogen-bond acceptors (Lipinski definition) is 3. The Balaban J connectivity index is 1.75. The lowest BCUT2D eigenvalue weighted by atomic mass is 9.85. The van der Waals surface area contributed by atoms with Crippen molar-refractivity contribution in [2.24, 2.45) is 0 Å². The normalized spacial score (nSPS) is 13.3. The zero-order chi connectivity index (χ0) is 18.7. The predicted molar refractivity (Wildman–Crippen MR) is 106 cm³/mol. The van der Waals surface area contributed by atoms with Crippen LogP contribution in [0.5, 0.6) is 0 Å². The van der Waals surface area contributed by atoms with E-state index in [9.17, 15) is 5.11 Å². The van der Waals surface area contributed by atoms with E-state index < -0.39 is 5.60 Å². The Hall–Kier alpha value is -2.95. The summed E-state index contributed by atoms with van der Waals surface area (Å²) in [4.78, 5) is 8.14. The zero-order valence-electron chi connectivity index (χ0n) is 14.5. The fourth-order valence-electron chi connectivity index (χ4n) is 3.20. The highest BCUT2D eigenvalue weighted by Crippen LogP contribution is 2.33. The Labute approximate surface area is 162 Å². The molecule has 0 bridgehead atoms. The van der Waals surface area contributed by atoms with E-state index in [0.29, 0.717) is 11.6 Å². The summed E-state index contributed by atoms with van der Waals surface area (Å²) in [6.07, 6.45) is 8.78. The van der Waals surface area contributed by atoms with Crippen molar-refractivity contribution in [3.8, 4) is 11.1 Å². The minimum absolute atomic E-state index is 0.350. The molecule has 2 heterocycles. The molecule has 0 saturated carbocycles. The molecule has 2 aromatic carbocycles. The molecule has 0 aliphatic rings. The summed E-state index contributed by atoms with van der Waals surface area (Å²) in [7, 11) is 0. The number of imidazole rings is 1. The van der Waals surface area contributed by atoms with Gasteiger partial charge in [0.15, 0.2) is 0 Å². The lowest BCUT2D eigenvalue weighted by molar-refractivity contribution is 0.0612. The molecular weight excluding hydrogens is 358 g/mol. The molecule has 4 rings (SSSR count). The molecule has 0 saturated heterocycles. The molecule has 0 radical (unpaired) electrons. The molecule has 4 nitrogen and oxygen atoms in total. The average molecular weight is 376 g/mol. The van der Waals surface area contributed by atoms with E-state index in [-0.39, 0.29) is 0 Å². The third-order valence-corrected chi connectivity index (χ3v) is 4.92. The van der Waals surface area contributed by atoms with Gasteiger partial charge in [-0.05, 0) is 46.5 Å². The first kappa shape index (κ1) is 17.5. The van der Waals surface area contributed by atoms with Crippen LogP contribution in [0, 0.1) is 0 Å². The van der Waals surface area contributed by atoms with Gasteiger partial charge in [0.2, 0.25) is 0 Å². The van der Waals surface area contributed by atoms with Crippen LogP contribution >= 0.6 is 11.6 Å². The molecule has 134 valence electrons. The SMILES string of the molecule is OC(Cn1ccnc1)(c1ccc(Cl)cc1)c1ccc(-c2ccncc2)cc1. The minimum Gasteiger partial charge on any atom is -0.378 e. The van der Waals surface area contributed by atoms with Gasteiger partial charge in [-0.25, -0.2) is 4.98 Å². The Bertz CT molecular complexity index is 1000. The van der Waals surface area contributed by atoms with E-state index in [2.05, 4.69) is 9.97 Å². The lowest BCUT2D eigenvalue weighted by Gasteiger charge is -2.30. The molecule has 2 aromatic heterocycles. The molecule has 5 heteroatoms. The molecule has 0 aliphatic carbocycles. The monoisotopic (exact) mass is 375 g/mol. The van der Waals surface area contributed by atoms with Gasteiger partial charge in [-0.3, -0.25) is 4.98 Å². The summed E-state index contributed by atoms with van der Waals surface area (Å²) in [5.74, 6) is 0. The van der Waals surface area contributed by atoms with E-state index in [4.69, 9.17) is 11.6 Å². The molecule has 0 aliphatic heterocycles. The van der Waals surface area contributed by atoms with Crippen molar-refractivity contribution in [2.75, 3.05) is 0 Å². The number of hydrogen-bond donors (Lipinski definition) is 1. The van der Waals surface area contributed by atoms with Gasteiger partial charge in [-0.2, -0.15) is 0 Å². The molecule has 0 spiro atoms. The first-order valence-electron chi connectivity index (χ1n) is 8.60. The van der Waals surface area contributed by atoms with Crippen LogP contribution in [0.25, 0.3) is 11.1 Å². The van der Waals surface area contributed by atoms with E-state index in [1.165, 1.54) is 0 Å². The van der Waals surface area contributed by atoms with Crippen molar-refractivity contribution in [3.05, 3.63) is 108 Å². The maximum Gasteiger partial charge on any atom is 0.132 e. The lowest BCUT2D eigenvalue weighted by Crippen LogP contribution is -2.32. The first-order valence-corrected chi connectivity index (χ1v) is 8.98. The van der Waals surface area contributed by atoms with Gasteiger partial charge in [0, 0.05) is 29.8 Å². The van der Waals surface area contributed by atoms with Gasteiger partial charge < -0.3 is 9.67 Å².